The molecule has 2 atom stereocenters. The summed E-state index contributed by atoms with van der Waals surface area (Å²) >= 11 is 0. The van der Waals surface area contributed by atoms with Crippen molar-refractivity contribution in [3.63, 3.8) is 0 Å². The van der Waals surface area contributed by atoms with E-state index in [9.17, 15) is 9.59 Å². The van der Waals surface area contributed by atoms with Gasteiger partial charge in [0, 0.05) is 52.7 Å². The summed E-state index contributed by atoms with van der Waals surface area (Å²) in [6.07, 6.45) is 3.09. The number of likely N-dealkylation sites (tertiary alicyclic amines) is 2. The van der Waals surface area contributed by atoms with Crippen LogP contribution in [0.3, 0.4) is 0 Å². The Hall–Kier alpha value is -1.89. The Balaban J connectivity index is 1.66. The molecule has 2 amide bonds. The number of oxazole rings is 1. The molecular formula is C18H27N3O4. The van der Waals surface area contributed by atoms with Crippen LogP contribution in [0.5, 0.6) is 0 Å². The number of aryl methyl sites for hydroxylation is 2. The lowest BCUT2D eigenvalue weighted by Gasteiger charge is -2.47. The van der Waals surface area contributed by atoms with Gasteiger partial charge in [0.2, 0.25) is 11.7 Å². The van der Waals surface area contributed by atoms with E-state index in [1.165, 1.54) is 0 Å². The number of nitrogens with zero attached hydrogens (tertiary/aromatic N) is 3. The zero-order valence-electron chi connectivity index (χ0n) is 15.3. The predicted octanol–water partition coefficient (Wildman–Crippen LogP) is 1.78. The summed E-state index contributed by atoms with van der Waals surface area (Å²) in [6, 6.07) is 0.236. The zero-order chi connectivity index (χ0) is 18.0. The van der Waals surface area contributed by atoms with E-state index < -0.39 is 0 Å². The second-order valence-electron chi connectivity index (χ2n) is 6.99. The Kier molecular flexibility index (Phi) is 5.42. The van der Waals surface area contributed by atoms with Crippen LogP contribution in [0, 0.1) is 19.8 Å². The Morgan fingerprint density at radius 1 is 1.36 bits per heavy atom. The van der Waals surface area contributed by atoms with E-state index in [1.807, 2.05) is 9.80 Å². The minimum atomic E-state index is -0.0839. The highest BCUT2D eigenvalue weighted by atomic mass is 16.5. The molecule has 2 fully saturated rings. The highest BCUT2D eigenvalue weighted by molar-refractivity contribution is 5.92. The first kappa shape index (κ1) is 17.9. The molecule has 1 aromatic heterocycles. The van der Waals surface area contributed by atoms with Gasteiger partial charge in [0.1, 0.15) is 0 Å². The topological polar surface area (TPSA) is 75.9 Å². The lowest BCUT2D eigenvalue weighted by Crippen LogP contribution is -2.57. The standard InChI is InChI=1S/C18H27N3O4/c1-12-17(25-13(2)19-12)18(23)20-9-7-15-14(11-20)5-6-16(22)21(15)8-4-10-24-3/h14-15H,4-11H2,1-3H3/t14-,15+/m0/s1. The van der Waals surface area contributed by atoms with Gasteiger partial charge in [0.05, 0.1) is 5.69 Å². The highest BCUT2D eigenvalue weighted by Crippen LogP contribution is 2.32. The molecule has 7 heteroatoms. The number of hydrogen-bond donors (Lipinski definition) is 0. The summed E-state index contributed by atoms with van der Waals surface area (Å²) in [4.78, 5) is 33.1. The van der Waals surface area contributed by atoms with Gasteiger partial charge in [0.15, 0.2) is 5.89 Å². The predicted molar refractivity (Wildman–Crippen MR) is 91.2 cm³/mol. The molecule has 0 N–H and O–H groups in total. The van der Waals surface area contributed by atoms with Crippen LogP contribution in [0.15, 0.2) is 4.42 Å². The van der Waals surface area contributed by atoms with E-state index in [0.717, 1.165) is 25.8 Å². The molecular weight excluding hydrogens is 322 g/mol. The van der Waals surface area contributed by atoms with Gasteiger partial charge in [-0.3, -0.25) is 9.59 Å². The normalized spacial score (nSPS) is 23.7. The fraction of sp³-hybridized carbons (Fsp3) is 0.722. The first-order valence-electron chi connectivity index (χ1n) is 9.03. The van der Waals surface area contributed by atoms with Crippen LogP contribution in [-0.4, -0.2) is 66.0 Å². The van der Waals surface area contributed by atoms with Crippen molar-refractivity contribution in [3.05, 3.63) is 17.3 Å². The Labute approximate surface area is 148 Å². The lowest BCUT2D eigenvalue weighted by atomic mass is 9.83. The van der Waals surface area contributed by atoms with Crippen LogP contribution in [0.1, 0.15) is 47.8 Å². The van der Waals surface area contributed by atoms with Crippen LogP contribution < -0.4 is 0 Å². The highest BCUT2D eigenvalue weighted by Gasteiger charge is 2.40. The van der Waals surface area contributed by atoms with E-state index in [-0.39, 0.29) is 17.9 Å². The van der Waals surface area contributed by atoms with Gasteiger partial charge in [-0.25, -0.2) is 4.98 Å². The average molecular weight is 349 g/mol. The van der Waals surface area contributed by atoms with Crippen molar-refractivity contribution in [1.29, 1.82) is 0 Å². The molecule has 0 aromatic carbocycles. The van der Waals surface area contributed by atoms with E-state index in [0.29, 0.717) is 49.4 Å². The number of methoxy groups -OCH3 is 1. The van der Waals surface area contributed by atoms with Gasteiger partial charge >= 0.3 is 0 Å². The number of carbonyl (C=O) groups excluding carboxylic acids is 2. The maximum atomic E-state index is 12.8. The maximum Gasteiger partial charge on any atom is 0.291 e. The number of piperidine rings is 2. The summed E-state index contributed by atoms with van der Waals surface area (Å²) < 4.78 is 10.6. The van der Waals surface area contributed by atoms with Crippen LogP contribution in [0.2, 0.25) is 0 Å². The second-order valence-corrected chi connectivity index (χ2v) is 6.99. The molecule has 3 rings (SSSR count). The SMILES string of the molecule is COCCCN1C(=O)CC[C@H]2CN(C(=O)c3oc(C)nc3C)CC[C@H]21. The molecule has 2 saturated heterocycles. The van der Waals surface area contributed by atoms with Crippen molar-refractivity contribution in [3.8, 4) is 0 Å². The van der Waals surface area contributed by atoms with Crippen molar-refractivity contribution in [2.75, 3.05) is 33.4 Å². The summed E-state index contributed by atoms with van der Waals surface area (Å²) in [5.41, 5.74) is 0.643. The minimum Gasteiger partial charge on any atom is -0.436 e. The molecule has 25 heavy (non-hydrogen) atoms. The molecule has 7 nitrogen and oxygen atoms in total. The number of fused-ring (bicyclic) bond motifs is 1. The van der Waals surface area contributed by atoms with E-state index in [1.54, 1.807) is 21.0 Å². The zero-order valence-corrected chi connectivity index (χ0v) is 15.3. The molecule has 0 aliphatic carbocycles. The fourth-order valence-corrected chi connectivity index (χ4v) is 4.08. The molecule has 0 bridgehead atoms. The Morgan fingerprint density at radius 3 is 2.84 bits per heavy atom. The molecule has 2 aliphatic rings. The number of carbonyl (C=O) groups is 2. The smallest absolute Gasteiger partial charge is 0.291 e. The molecule has 0 radical (unpaired) electrons. The average Bonchev–Trinajstić information content (AvgIpc) is 2.94. The quantitative estimate of drug-likeness (QED) is 0.758. The third kappa shape index (κ3) is 3.71. The monoisotopic (exact) mass is 349 g/mol. The largest absolute Gasteiger partial charge is 0.436 e. The lowest BCUT2D eigenvalue weighted by molar-refractivity contribution is -0.140. The number of rotatable bonds is 5. The van der Waals surface area contributed by atoms with E-state index in [2.05, 4.69) is 4.98 Å². The number of hydrogen-bond acceptors (Lipinski definition) is 5. The van der Waals surface area contributed by atoms with Crippen LogP contribution in [-0.2, 0) is 9.53 Å². The van der Waals surface area contributed by atoms with Crippen LogP contribution in [0.4, 0.5) is 0 Å². The van der Waals surface area contributed by atoms with Gasteiger partial charge < -0.3 is 19.0 Å². The van der Waals surface area contributed by atoms with Gasteiger partial charge in [-0.05, 0) is 32.1 Å². The molecule has 0 saturated carbocycles. The molecule has 2 aliphatic heterocycles. The molecule has 3 heterocycles. The first-order chi connectivity index (χ1) is 12.0. The van der Waals surface area contributed by atoms with Gasteiger partial charge in [0.25, 0.3) is 5.91 Å². The summed E-state index contributed by atoms with van der Waals surface area (Å²) in [7, 11) is 1.68. The molecule has 138 valence electrons. The van der Waals surface area contributed by atoms with Crippen molar-refractivity contribution in [2.24, 2.45) is 5.92 Å². The van der Waals surface area contributed by atoms with E-state index in [4.69, 9.17) is 9.15 Å². The van der Waals surface area contributed by atoms with Gasteiger partial charge in [-0.2, -0.15) is 0 Å². The number of ether oxygens (including phenoxy) is 1. The van der Waals surface area contributed by atoms with Crippen LogP contribution in [0.25, 0.3) is 0 Å². The molecule has 1 aromatic rings. The van der Waals surface area contributed by atoms with Crippen molar-refractivity contribution in [1.82, 2.24) is 14.8 Å². The molecule has 0 unspecified atom stereocenters. The number of aromatic nitrogens is 1. The first-order valence-corrected chi connectivity index (χ1v) is 9.03. The van der Waals surface area contributed by atoms with E-state index >= 15 is 0 Å². The van der Waals surface area contributed by atoms with Crippen molar-refractivity contribution >= 4 is 11.8 Å². The van der Waals surface area contributed by atoms with Crippen molar-refractivity contribution < 1.29 is 18.7 Å². The fourth-order valence-electron chi connectivity index (χ4n) is 4.08. The maximum absolute atomic E-state index is 12.8. The van der Waals surface area contributed by atoms with Gasteiger partial charge in [-0.1, -0.05) is 0 Å². The van der Waals surface area contributed by atoms with Crippen LogP contribution >= 0.6 is 0 Å². The van der Waals surface area contributed by atoms with Gasteiger partial charge in [-0.15, -0.1) is 0 Å². The second kappa shape index (κ2) is 7.56. The Bertz CT molecular complexity index is 642. The van der Waals surface area contributed by atoms with Crippen molar-refractivity contribution in [2.45, 2.75) is 45.6 Å². The third-order valence-electron chi connectivity index (χ3n) is 5.28. The third-order valence-corrected chi connectivity index (χ3v) is 5.28. The number of amides is 2. The Morgan fingerprint density at radius 2 is 2.16 bits per heavy atom. The summed E-state index contributed by atoms with van der Waals surface area (Å²) in [5, 5.41) is 0. The molecule has 0 spiro atoms. The summed E-state index contributed by atoms with van der Waals surface area (Å²) in [5.74, 6) is 1.35. The minimum absolute atomic E-state index is 0.0839. The summed E-state index contributed by atoms with van der Waals surface area (Å²) in [6.45, 7) is 6.27.